The zero-order chi connectivity index (χ0) is 22.7. The number of nitrogens with one attached hydrogen (secondary N) is 1. The molecular weight excluding hydrogens is 406 g/mol. The van der Waals surface area contributed by atoms with E-state index in [9.17, 15) is 14.4 Å². The fourth-order valence-corrected chi connectivity index (χ4v) is 4.82. The molecule has 2 aliphatic heterocycles. The molecule has 2 aliphatic rings. The van der Waals surface area contributed by atoms with Crippen molar-refractivity contribution < 1.29 is 4.79 Å². The van der Waals surface area contributed by atoms with Gasteiger partial charge in [-0.25, -0.2) is 4.79 Å². The number of anilines is 1. The van der Waals surface area contributed by atoms with E-state index in [1.54, 1.807) is 7.05 Å². The monoisotopic (exact) mass is 439 g/mol. The number of carbonyl (C=O) groups is 1. The molecule has 0 radical (unpaired) electrons. The van der Waals surface area contributed by atoms with Gasteiger partial charge in [-0.2, -0.15) is 0 Å². The summed E-state index contributed by atoms with van der Waals surface area (Å²) in [4.78, 5) is 41.8. The Balaban J connectivity index is 1.32. The standard InChI is InChI=1S/C24H33N5O3/c1-26-21(15-22(30)27(2)24(26)32)29-12-6-9-19(17-29)23(31)25-20-10-13-28(14-11-20)16-18-7-4-3-5-8-18/h3-5,7-8,15,19-20H,6,9-14,16-17H2,1-2H3,(H,25,31)/t19-/m0/s1. The lowest BCUT2D eigenvalue weighted by Gasteiger charge is -2.36. The van der Waals surface area contributed by atoms with Crippen LogP contribution in [-0.4, -0.2) is 52.2 Å². The van der Waals surface area contributed by atoms with Gasteiger partial charge in [-0.15, -0.1) is 0 Å². The summed E-state index contributed by atoms with van der Waals surface area (Å²) in [6, 6.07) is 12.2. The number of nitrogens with zero attached hydrogens (tertiary/aromatic N) is 4. The first-order chi connectivity index (χ1) is 15.4. The minimum atomic E-state index is -0.346. The Morgan fingerprint density at radius 1 is 1.00 bits per heavy atom. The van der Waals surface area contributed by atoms with E-state index >= 15 is 0 Å². The zero-order valence-electron chi connectivity index (χ0n) is 19.0. The number of piperidine rings is 2. The molecule has 1 aromatic heterocycles. The Labute approximate surface area is 188 Å². The highest BCUT2D eigenvalue weighted by atomic mass is 16.2. The first-order valence-corrected chi connectivity index (χ1v) is 11.5. The lowest BCUT2D eigenvalue weighted by molar-refractivity contribution is -0.126. The summed E-state index contributed by atoms with van der Waals surface area (Å²) < 4.78 is 2.59. The second kappa shape index (κ2) is 9.73. The van der Waals surface area contributed by atoms with Crippen LogP contribution in [0.25, 0.3) is 0 Å². The maximum atomic E-state index is 13.0. The second-order valence-corrected chi connectivity index (χ2v) is 9.07. The van der Waals surface area contributed by atoms with Crippen LogP contribution in [0.1, 0.15) is 31.2 Å². The van der Waals surface area contributed by atoms with Crippen LogP contribution in [0.5, 0.6) is 0 Å². The first kappa shape index (κ1) is 22.3. The highest BCUT2D eigenvalue weighted by Gasteiger charge is 2.29. The molecule has 3 heterocycles. The van der Waals surface area contributed by atoms with Crippen molar-refractivity contribution in [1.82, 2.24) is 19.4 Å². The third-order valence-electron chi connectivity index (χ3n) is 6.80. The van der Waals surface area contributed by atoms with E-state index in [0.29, 0.717) is 12.4 Å². The van der Waals surface area contributed by atoms with Gasteiger partial charge in [0.15, 0.2) is 0 Å². The summed E-state index contributed by atoms with van der Waals surface area (Å²) in [6.45, 7) is 4.17. The average molecular weight is 440 g/mol. The van der Waals surface area contributed by atoms with Crippen LogP contribution in [0.4, 0.5) is 5.82 Å². The highest BCUT2D eigenvalue weighted by molar-refractivity contribution is 5.79. The van der Waals surface area contributed by atoms with Gasteiger partial charge in [0.05, 0.1) is 5.92 Å². The van der Waals surface area contributed by atoms with Crippen molar-refractivity contribution in [2.45, 2.75) is 38.3 Å². The van der Waals surface area contributed by atoms with Crippen LogP contribution >= 0.6 is 0 Å². The Hall–Kier alpha value is -2.87. The maximum Gasteiger partial charge on any atom is 0.332 e. The van der Waals surface area contributed by atoms with E-state index in [2.05, 4.69) is 34.5 Å². The van der Waals surface area contributed by atoms with Crippen LogP contribution < -0.4 is 21.5 Å². The zero-order valence-corrected chi connectivity index (χ0v) is 19.0. The molecular formula is C24H33N5O3. The lowest BCUT2D eigenvalue weighted by atomic mass is 9.95. The normalized spacial score (nSPS) is 20.3. The molecule has 2 aromatic rings. The lowest BCUT2D eigenvalue weighted by Crippen LogP contribution is -2.50. The second-order valence-electron chi connectivity index (χ2n) is 9.07. The summed E-state index contributed by atoms with van der Waals surface area (Å²) in [5, 5.41) is 3.26. The van der Waals surface area contributed by atoms with Crippen molar-refractivity contribution in [1.29, 1.82) is 0 Å². The molecule has 2 fully saturated rings. The van der Waals surface area contributed by atoms with Gasteiger partial charge in [0.2, 0.25) is 5.91 Å². The molecule has 1 amide bonds. The molecule has 1 aromatic carbocycles. The van der Waals surface area contributed by atoms with Gasteiger partial charge in [-0.05, 0) is 31.2 Å². The van der Waals surface area contributed by atoms with E-state index in [0.717, 1.165) is 56.4 Å². The third kappa shape index (κ3) is 4.96. The van der Waals surface area contributed by atoms with E-state index in [1.807, 2.05) is 11.0 Å². The Morgan fingerprint density at radius 2 is 1.72 bits per heavy atom. The topological polar surface area (TPSA) is 79.6 Å². The molecule has 8 heteroatoms. The van der Waals surface area contributed by atoms with Crippen molar-refractivity contribution in [2.75, 3.05) is 31.1 Å². The smallest absolute Gasteiger partial charge is 0.332 e. The molecule has 0 saturated carbocycles. The maximum absolute atomic E-state index is 13.0. The minimum Gasteiger partial charge on any atom is -0.357 e. The Bertz CT molecular complexity index is 1050. The number of carbonyl (C=O) groups excluding carboxylic acids is 1. The van der Waals surface area contributed by atoms with E-state index in [4.69, 9.17) is 0 Å². The van der Waals surface area contributed by atoms with Crippen molar-refractivity contribution in [2.24, 2.45) is 20.0 Å². The summed E-state index contributed by atoms with van der Waals surface area (Å²) in [5.41, 5.74) is 0.653. The number of aromatic nitrogens is 2. The molecule has 0 unspecified atom stereocenters. The number of amides is 1. The van der Waals surface area contributed by atoms with Crippen LogP contribution in [0.2, 0.25) is 0 Å². The Morgan fingerprint density at radius 3 is 2.44 bits per heavy atom. The van der Waals surface area contributed by atoms with Gasteiger partial charge < -0.3 is 10.2 Å². The van der Waals surface area contributed by atoms with Gasteiger partial charge >= 0.3 is 5.69 Å². The first-order valence-electron chi connectivity index (χ1n) is 11.5. The molecule has 1 atom stereocenters. The van der Waals surface area contributed by atoms with Crippen molar-refractivity contribution in [3.8, 4) is 0 Å². The fourth-order valence-electron chi connectivity index (χ4n) is 4.82. The molecule has 2 saturated heterocycles. The average Bonchev–Trinajstić information content (AvgIpc) is 2.82. The van der Waals surface area contributed by atoms with E-state index in [-0.39, 0.29) is 29.1 Å². The number of likely N-dealkylation sites (tertiary alicyclic amines) is 1. The number of benzene rings is 1. The Kier molecular flexibility index (Phi) is 6.79. The van der Waals surface area contributed by atoms with Crippen molar-refractivity contribution in [3.63, 3.8) is 0 Å². The van der Waals surface area contributed by atoms with Crippen LogP contribution in [-0.2, 0) is 25.4 Å². The summed E-state index contributed by atoms with van der Waals surface area (Å²) in [7, 11) is 3.15. The molecule has 1 N–H and O–H groups in total. The largest absolute Gasteiger partial charge is 0.357 e. The molecule has 0 aliphatic carbocycles. The van der Waals surface area contributed by atoms with Crippen LogP contribution in [0.15, 0.2) is 46.0 Å². The van der Waals surface area contributed by atoms with Gasteiger partial charge in [-0.1, -0.05) is 30.3 Å². The molecule has 0 spiro atoms. The van der Waals surface area contributed by atoms with Gasteiger partial charge in [0, 0.05) is 58.9 Å². The van der Waals surface area contributed by atoms with Gasteiger partial charge in [-0.3, -0.25) is 23.6 Å². The van der Waals surface area contributed by atoms with E-state index in [1.165, 1.54) is 23.2 Å². The summed E-state index contributed by atoms with van der Waals surface area (Å²) in [5.74, 6) is 0.542. The van der Waals surface area contributed by atoms with Crippen LogP contribution in [0, 0.1) is 5.92 Å². The minimum absolute atomic E-state index is 0.0880. The molecule has 172 valence electrons. The number of hydrogen-bond acceptors (Lipinski definition) is 5. The van der Waals surface area contributed by atoms with E-state index < -0.39 is 0 Å². The van der Waals surface area contributed by atoms with Gasteiger partial charge in [0.25, 0.3) is 5.56 Å². The van der Waals surface area contributed by atoms with Crippen molar-refractivity contribution in [3.05, 3.63) is 62.8 Å². The fraction of sp³-hybridized carbons (Fsp3) is 0.542. The number of hydrogen-bond donors (Lipinski definition) is 1. The SMILES string of the molecule is Cn1c(N2CCC[C@H](C(=O)NC3CCN(Cc4ccccc4)CC3)C2)cc(=O)n(C)c1=O. The predicted molar refractivity (Wildman–Crippen MR) is 125 cm³/mol. The predicted octanol–water partition coefficient (Wildman–Crippen LogP) is 1.08. The molecule has 4 rings (SSSR count). The summed E-state index contributed by atoms with van der Waals surface area (Å²) in [6.07, 6.45) is 3.60. The highest BCUT2D eigenvalue weighted by Crippen LogP contribution is 2.22. The quantitative estimate of drug-likeness (QED) is 0.754. The third-order valence-corrected chi connectivity index (χ3v) is 6.80. The molecule has 32 heavy (non-hydrogen) atoms. The molecule has 8 nitrogen and oxygen atoms in total. The van der Waals surface area contributed by atoms with Crippen molar-refractivity contribution >= 4 is 11.7 Å². The summed E-state index contributed by atoms with van der Waals surface area (Å²) >= 11 is 0. The van der Waals surface area contributed by atoms with Crippen LogP contribution in [0.3, 0.4) is 0 Å². The number of rotatable bonds is 5. The molecule has 0 bridgehead atoms. The van der Waals surface area contributed by atoms with Gasteiger partial charge in [0.1, 0.15) is 5.82 Å².